The van der Waals surface area contributed by atoms with E-state index in [1.165, 1.54) is 7.11 Å². The van der Waals surface area contributed by atoms with Crippen LogP contribution in [0.5, 0.6) is 0 Å². The predicted molar refractivity (Wildman–Crippen MR) is 71.7 cm³/mol. The lowest BCUT2D eigenvalue weighted by Gasteiger charge is -2.06. The van der Waals surface area contributed by atoms with E-state index in [4.69, 9.17) is 4.74 Å². The van der Waals surface area contributed by atoms with Crippen LogP contribution in [0.4, 0.5) is 0 Å². The normalized spacial score (nSPS) is 10.6. The third-order valence-corrected chi connectivity index (χ3v) is 3.04. The molecule has 2 rings (SSSR count). The minimum Gasteiger partial charge on any atom is -0.465 e. The predicted octanol–water partition coefficient (Wildman–Crippen LogP) is 3.36. The number of carbonyl (C=O) groups excluding carboxylic acids is 1. The molecule has 0 unspecified atom stereocenters. The molecule has 0 saturated heterocycles. The zero-order valence-corrected chi connectivity index (χ0v) is 10.8. The van der Waals surface area contributed by atoms with Crippen LogP contribution in [0, 0.1) is 0 Å². The number of hydrogen-bond donors (Lipinski definition) is 0. The van der Waals surface area contributed by atoms with Crippen molar-refractivity contribution in [2.75, 3.05) is 7.11 Å². The number of ether oxygens (including phenoxy) is 1. The third-order valence-electron chi connectivity index (χ3n) is 3.04. The smallest absolute Gasteiger partial charge is 0.337 e. The first kappa shape index (κ1) is 12.6. The molecule has 0 atom stereocenters. The number of pyridine rings is 1. The van der Waals surface area contributed by atoms with Crippen molar-refractivity contribution in [1.29, 1.82) is 0 Å². The summed E-state index contributed by atoms with van der Waals surface area (Å²) in [7, 11) is 1.40. The molecule has 0 spiro atoms. The monoisotopic (exact) mass is 243 g/mol. The first-order valence-electron chi connectivity index (χ1n) is 6.22. The van der Waals surface area contributed by atoms with Gasteiger partial charge in [0.15, 0.2) is 0 Å². The molecule has 0 saturated carbocycles. The van der Waals surface area contributed by atoms with Gasteiger partial charge in [-0.3, -0.25) is 4.98 Å². The molecule has 0 aliphatic heterocycles. The molecule has 1 heterocycles. The highest BCUT2D eigenvalue weighted by molar-refractivity contribution is 5.96. The zero-order chi connectivity index (χ0) is 13.0. The van der Waals surface area contributed by atoms with Crippen LogP contribution in [-0.2, 0) is 11.2 Å². The van der Waals surface area contributed by atoms with E-state index in [1.54, 1.807) is 6.07 Å². The number of unbranched alkanes of at least 4 members (excludes halogenated alkanes) is 1. The van der Waals surface area contributed by atoms with E-state index < -0.39 is 0 Å². The van der Waals surface area contributed by atoms with Crippen molar-refractivity contribution in [3.8, 4) is 0 Å². The van der Waals surface area contributed by atoms with Gasteiger partial charge in [0.2, 0.25) is 0 Å². The summed E-state index contributed by atoms with van der Waals surface area (Å²) < 4.78 is 4.75. The number of hydrogen-bond acceptors (Lipinski definition) is 3. The Hall–Kier alpha value is -1.90. The SMILES string of the molecule is CCCCc1nccc2ccc(C(=O)OC)cc12. The minimum absolute atomic E-state index is 0.304. The van der Waals surface area contributed by atoms with Crippen LogP contribution >= 0.6 is 0 Å². The van der Waals surface area contributed by atoms with Crippen LogP contribution in [0.3, 0.4) is 0 Å². The first-order valence-corrected chi connectivity index (χ1v) is 6.22. The van der Waals surface area contributed by atoms with E-state index in [0.29, 0.717) is 5.56 Å². The highest BCUT2D eigenvalue weighted by Gasteiger charge is 2.08. The van der Waals surface area contributed by atoms with Gasteiger partial charge in [0.1, 0.15) is 0 Å². The maximum atomic E-state index is 11.5. The highest BCUT2D eigenvalue weighted by Crippen LogP contribution is 2.20. The summed E-state index contributed by atoms with van der Waals surface area (Å²) in [5.74, 6) is -0.304. The fraction of sp³-hybridized carbons (Fsp3) is 0.333. The van der Waals surface area contributed by atoms with Gasteiger partial charge < -0.3 is 4.74 Å². The Morgan fingerprint density at radius 3 is 2.89 bits per heavy atom. The molecule has 0 N–H and O–H groups in total. The number of fused-ring (bicyclic) bond motifs is 1. The number of carbonyl (C=O) groups is 1. The molecule has 94 valence electrons. The number of rotatable bonds is 4. The van der Waals surface area contributed by atoms with E-state index in [1.807, 2.05) is 24.4 Å². The van der Waals surface area contributed by atoms with E-state index in [2.05, 4.69) is 11.9 Å². The maximum absolute atomic E-state index is 11.5. The van der Waals surface area contributed by atoms with Gasteiger partial charge in [-0.15, -0.1) is 0 Å². The summed E-state index contributed by atoms with van der Waals surface area (Å²) in [6, 6.07) is 7.57. The topological polar surface area (TPSA) is 39.2 Å². The number of aryl methyl sites for hydroxylation is 1. The van der Waals surface area contributed by atoms with E-state index in [-0.39, 0.29) is 5.97 Å². The number of nitrogens with zero attached hydrogens (tertiary/aromatic N) is 1. The summed E-state index contributed by atoms with van der Waals surface area (Å²) in [5.41, 5.74) is 1.64. The largest absolute Gasteiger partial charge is 0.465 e. The standard InChI is InChI=1S/C15H17NO2/c1-3-4-5-14-13-10-12(15(17)18-2)7-6-11(13)8-9-16-14/h6-10H,3-5H2,1-2H3. The fourth-order valence-electron chi connectivity index (χ4n) is 2.02. The van der Waals surface area contributed by atoms with Crippen molar-refractivity contribution in [2.45, 2.75) is 26.2 Å². The van der Waals surface area contributed by atoms with Crippen molar-refractivity contribution >= 4 is 16.7 Å². The Bertz CT molecular complexity index is 563. The van der Waals surface area contributed by atoms with Gasteiger partial charge in [0.05, 0.1) is 12.7 Å². The molecule has 18 heavy (non-hydrogen) atoms. The number of aromatic nitrogens is 1. The van der Waals surface area contributed by atoms with E-state index >= 15 is 0 Å². The molecule has 2 aromatic rings. The second-order valence-electron chi connectivity index (χ2n) is 4.29. The Labute approximate surface area is 107 Å². The molecule has 0 amide bonds. The maximum Gasteiger partial charge on any atom is 0.337 e. The summed E-state index contributed by atoms with van der Waals surface area (Å²) in [6.07, 6.45) is 5.01. The lowest BCUT2D eigenvalue weighted by molar-refractivity contribution is 0.0601. The van der Waals surface area contributed by atoms with Crippen molar-refractivity contribution in [2.24, 2.45) is 0 Å². The van der Waals surface area contributed by atoms with Crippen LogP contribution in [0.2, 0.25) is 0 Å². The Kier molecular flexibility index (Phi) is 3.92. The van der Waals surface area contributed by atoms with Crippen molar-refractivity contribution < 1.29 is 9.53 Å². The van der Waals surface area contributed by atoms with Crippen LogP contribution in [0.1, 0.15) is 35.8 Å². The lowest BCUT2D eigenvalue weighted by Crippen LogP contribution is -2.01. The molecule has 1 aromatic carbocycles. The minimum atomic E-state index is -0.304. The molecular formula is C15H17NO2. The van der Waals surface area contributed by atoms with Gasteiger partial charge in [-0.05, 0) is 36.4 Å². The Morgan fingerprint density at radius 2 is 2.17 bits per heavy atom. The van der Waals surface area contributed by atoms with Crippen molar-refractivity contribution in [3.63, 3.8) is 0 Å². The molecule has 0 aliphatic rings. The van der Waals surface area contributed by atoms with E-state index in [0.717, 1.165) is 35.7 Å². The van der Waals surface area contributed by atoms with Crippen LogP contribution < -0.4 is 0 Å². The molecular weight excluding hydrogens is 226 g/mol. The van der Waals surface area contributed by atoms with Gasteiger partial charge in [-0.2, -0.15) is 0 Å². The Balaban J connectivity index is 2.47. The summed E-state index contributed by atoms with van der Waals surface area (Å²) in [4.78, 5) is 16.0. The average molecular weight is 243 g/mol. The average Bonchev–Trinajstić information content (AvgIpc) is 2.43. The number of esters is 1. The van der Waals surface area contributed by atoms with Gasteiger partial charge in [-0.25, -0.2) is 4.79 Å². The second-order valence-corrected chi connectivity index (χ2v) is 4.29. The van der Waals surface area contributed by atoms with Gasteiger partial charge >= 0.3 is 5.97 Å². The van der Waals surface area contributed by atoms with Crippen LogP contribution in [0.15, 0.2) is 30.5 Å². The summed E-state index contributed by atoms with van der Waals surface area (Å²) >= 11 is 0. The number of benzene rings is 1. The van der Waals surface area contributed by atoms with Gasteiger partial charge in [0.25, 0.3) is 0 Å². The quantitative estimate of drug-likeness (QED) is 0.773. The molecule has 0 radical (unpaired) electrons. The van der Waals surface area contributed by atoms with Crippen molar-refractivity contribution in [1.82, 2.24) is 4.98 Å². The van der Waals surface area contributed by atoms with E-state index in [9.17, 15) is 4.79 Å². The van der Waals surface area contributed by atoms with Crippen LogP contribution in [-0.4, -0.2) is 18.1 Å². The van der Waals surface area contributed by atoms with Crippen molar-refractivity contribution in [3.05, 3.63) is 41.7 Å². The molecule has 0 fully saturated rings. The molecule has 0 bridgehead atoms. The summed E-state index contributed by atoms with van der Waals surface area (Å²) in [6.45, 7) is 2.16. The molecule has 3 nitrogen and oxygen atoms in total. The van der Waals surface area contributed by atoms with Gasteiger partial charge in [-0.1, -0.05) is 19.4 Å². The number of methoxy groups -OCH3 is 1. The summed E-state index contributed by atoms with van der Waals surface area (Å²) in [5, 5.41) is 2.16. The molecule has 1 aromatic heterocycles. The highest BCUT2D eigenvalue weighted by atomic mass is 16.5. The van der Waals surface area contributed by atoms with Gasteiger partial charge in [0, 0.05) is 17.3 Å². The Morgan fingerprint density at radius 1 is 1.33 bits per heavy atom. The third kappa shape index (κ3) is 2.50. The second kappa shape index (κ2) is 5.63. The fourth-order valence-corrected chi connectivity index (χ4v) is 2.02. The van der Waals surface area contributed by atoms with Crippen LogP contribution in [0.25, 0.3) is 10.8 Å². The molecule has 0 aliphatic carbocycles. The zero-order valence-electron chi connectivity index (χ0n) is 10.8. The first-order chi connectivity index (χ1) is 8.76. The lowest BCUT2D eigenvalue weighted by atomic mass is 10.0. The molecule has 3 heteroatoms.